The number of nitrogens with zero attached hydrogens (tertiary/aromatic N) is 1. The molecule has 1 aliphatic heterocycles. The van der Waals surface area contributed by atoms with Crippen LogP contribution in [0, 0.1) is 11.6 Å². The van der Waals surface area contributed by atoms with Gasteiger partial charge in [-0.05, 0) is 42.0 Å². The molecule has 32 heavy (non-hydrogen) atoms. The van der Waals surface area contributed by atoms with Crippen LogP contribution in [0.5, 0.6) is 0 Å². The number of carbonyl (C=O) groups is 1. The fraction of sp³-hybridized carbons (Fsp3) is 0.174. The molecule has 1 aromatic heterocycles. The molecule has 1 amide bonds. The molecular formula is C23H17F5N2O2. The molecule has 9 heteroatoms. The maximum absolute atomic E-state index is 13.8. The third-order valence-electron chi connectivity index (χ3n) is 5.19. The minimum atomic E-state index is -4.57. The number of fused-ring (bicyclic) bond motifs is 1. The number of anilines is 1. The first-order valence-corrected chi connectivity index (χ1v) is 9.56. The second-order valence-corrected chi connectivity index (χ2v) is 7.21. The topological polar surface area (TPSA) is 43.3 Å². The maximum atomic E-state index is 13.8. The first-order chi connectivity index (χ1) is 15.2. The van der Waals surface area contributed by atoms with Crippen LogP contribution in [-0.2, 0) is 17.5 Å². The van der Waals surface area contributed by atoms with E-state index in [-0.39, 0.29) is 29.6 Å². The molecule has 4 nitrogen and oxygen atoms in total. The Morgan fingerprint density at radius 2 is 1.84 bits per heavy atom. The Kier molecular flexibility index (Phi) is 5.60. The number of aromatic nitrogens is 1. The Labute approximate surface area is 179 Å². The predicted octanol–water partition coefficient (Wildman–Crippen LogP) is 5.75. The molecule has 0 fully saturated rings. The molecular weight excluding hydrogens is 431 g/mol. The van der Waals surface area contributed by atoms with Gasteiger partial charge in [0.2, 0.25) is 0 Å². The number of amides is 1. The third-order valence-corrected chi connectivity index (χ3v) is 5.19. The quantitative estimate of drug-likeness (QED) is 0.517. The van der Waals surface area contributed by atoms with E-state index >= 15 is 0 Å². The summed E-state index contributed by atoms with van der Waals surface area (Å²) in [7, 11) is 1.48. The van der Waals surface area contributed by atoms with Crippen LogP contribution in [0.1, 0.15) is 21.6 Å². The molecule has 0 saturated carbocycles. The zero-order valence-electron chi connectivity index (χ0n) is 16.7. The summed E-state index contributed by atoms with van der Waals surface area (Å²) in [5.74, 6) is -3.31. The Morgan fingerprint density at radius 3 is 2.50 bits per heavy atom. The minimum Gasteiger partial charge on any atom is -0.376 e. The molecule has 1 aliphatic rings. The maximum Gasteiger partial charge on any atom is 0.418 e. The van der Waals surface area contributed by atoms with E-state index in [9.17, 15) is 26.7 Å². The fourth-order valence-corrected chi connectivity index (χ4v) is 3.62. The zero-order chi connectivity index (χ0) is 23.0. The standard InChI is InChI=1S/C23H17F5N2O2/c1-32-16-10-9-15-11-18(23(26,27)28)21(30(15)12-16)13-5-7-14(8-6-13)29-22(31)17-3-2-4-19(24)20(17)25/h2-11,16H,12H2,1H3,(H,29,31). The molecule has 2 heterocycles. The summed E-state index contributed by atoms with van der Waals surface area (Å²) in [6.45, 7) is 0.213. The minimum absolute atomic E-state index is 0.0204. The van der Waals surface area contributed by atoms with Crippen LogP contribution < -0.4 is 5.32 Å². The lowest BCUT2D eigenvalue weighted by Crippen LogP contribution is -2.21. The van der Waals surface area contributed by atoms with Gasteiger partial charge < -0.3 is 14.6 Å². The van der Waals surface area contributed by atoms with Gasteiger partial charge in [-0.25, -0.2) is 8.78 Å². The third kappa shape index (κ3) is 4.03. The molecule has 1 N–H and O–H groups in total. The van der Waals surface area contributed by atoms with Crippen molar-refractivity contribution in [3.8, 4) is 11.3 Å². The van der Waals surface area contributed by atoms with Crippen molar-refractivity contribution in [1.29, 1.82) is 0 Å². The van der Waals surface area contributed by atoms with Gasteiger partial charge in [-0.1, -0.05) is 24.3 Å². The molecule has 0 bridgehead atoms. The van der Waals surface area contributed by atoms with E-state index in [2.05, 4.69) is 5.32 Å². The van der Waals surface area contributed by atoms with Crippen LogP contribution in [0.3, 0.4) is 0 Å². The van der Waals surface area contributed by atoms with Crippen LogP contribution in [0.2, 0.25) is 0 Å². The van der Waals surface area contributed by atoms with Crippen LogP contribution in [0.4, 0.5) is 27.6 Å². The summed E-state index contributed by atoms with van der Waals surface area (Å²) < 4.78 is 75.1. The van der Waals surface area contributed by atoms with E-state index < -0.39 is 34.8 Å². The molecule has 4 rings (SSSR count). The number of alkyl halides is 3. The lowest BCUT2D eigenvalue weighted by atomic mass is 10.1. The van der Waals surface area contributed by atoms with E-state index in [4.69, 9.17) is 4.74 Å². The molecule has 0 aliphatic carbocycles. The summed E-state index contributed by atoms with van der Waals surface area (Å²) in [4.78, 5) is 12.3. The number of halogens is 5. The number of benzene rings is 2. The second kappa shape index (κ2) is 8.23. The van der Waals surface area contributed by atoms with Crippen molar-refractivity contribution in [3.05, 3.63) is 83.1 Å². The van der Waals surface area contributed by atoms with E-state index in [1.54, 1.807) is 12.2 Å². The van der Waals surface area contributed by atoms with E-state index in [1.807, 2.05) is 0 Å². The van der Waals surface area contributed by atoms with Crippen molar-refractivity contribution in [1.82, 2.24) is 4.57 Å². The average Bonchev–Trinajstić information content (AvgIpc) is 3.15. The molecule has 0 radical (unpaired) electrons. The Bertz CT molecular complexity index is 1200. The van der Waals surface area contributed by atoms with Crippen molar-refractivity contribution in [2.75, 3.05) is 12.4 Å². The SMILES string of the molecule is COC1C=Cc2cc(C(F)(F)F)c(-c3ccc(NC(=O)c4cccc(F)c4F)cc3)n2C1. The lowest BCUT2D eigenvalue weighted by Gasteiger charge is -2.21. The summed E-state index contributed by atoms with van der Waals surface area (Å²) in [6.07, 6.45) is -1.66. The van der Waals surface area contributed by atoms with Crippen molar-refractivity contribution in [2.45, 2.75) is 18.8 Å². The highest BCUT2D eigenvalue weighted by Gasteiger charge is 2.37. The molecule has 0 spiro atoms. The van der Waals surface area contributed by atoms with Crippen LogP contribution in [0.15, 0.2) is 54.6 Å². The van der Waals surface area contributed by atoms with Gasteiger partial charge in [-0.3, -0.25) is 4.79 Å². The van der Waals surface area contributed by atoms with Gasteiger partial charge in [0, 0.05) is 18.5 Å². The molecule has 1 atom stereocenters. The van der Waals surface area contributed by atoms with Crippen molar-refractivity contribution in [3.63, 3.8) is 0 Å². The predicted molar refractivity (Wildman–Crippen MR) is 109 cm³/mol. The highest BCUT2D eigenvalue weighted by atomic mass is 19.4. The largest absolute Gasteiger partial charge is 0.418 e. The van der Waals surface area contributed by atoms with Gasteiger partial charge in [0.15, 0.2) is 11.6 Å². The van der Waals surface area contributed by atoms with Crippen molar-refractivity contribution in [2.24, 2.45) is 0 Å². The molecule has 166 valence electrons. The average molecular weight is 448 g/mol. The summed E-state index contributed by atoms with van der Waals surface area (Å²) in [5, 5.41) is 2.42. The Morgan fingerprint density at radius 1 is 1.12 bits per heavy atom. The number of hydrogen-bond acceptors (Lipinski definition) is 2. The number of carbonyl (C=O) groups excluding carboxylic acids is 1. The number of hydrogen-bond donors (Lipinski definition) is 1. The van der Waals surface area contributed by atoms with Crippen LogP contribution in [0.25, 0.3) is 17.3 Å². The molecule has 1 unspecified atom stereocenters. The fourth-order valence-electron chi connectivity index (χ4n) is 3.62. The van der Waals surface area contributed by atoms with Gasteiger partial charge in [0.25, 0.3) is 5.91 Å². The highest BCUT2D eigenvalue weighted by Crippen LogP contribution is 2.41. The van der Waals surface area contributed by atoms with Gasteiger partial charge in [-0.15, -0.1) is 0 Å². The highest BCUT2D eigenvalue weighted by molar-refractivity contribution is 6.04. The van der Waals surface area contributed by atoms with Crippen LogP contribution >= 0.6 is 0 Å². The van der Waals surface area contributed by atoms with E-state index in [0.717, 1.165) is 18.2 Å². The van der Waals surface area contributed by atoms with E-state index in [0.29, 0.717) is 5.69 Å². The number of rotatable bonds is 4. The molecule has 2 aromatic carbocycles. The molecule has 3 aromatic rings. The Balaban J connectivity index is 1.66. The first kappa shape index (κ1) is 21.8. The van der Waals surface area contributed by atoms with E-state index in [1.165, 1.54) is 42.0 Å². The zero-order valence-corrected chi connectivity index (χ0v) is 16.7. The Hall–Kier alpha value is -3.46. The summed E-state index contributed by atoms with van der Waals surface area (Å²) in [6, 6.07) is 9.96. The molecule has 0 saturated heterocycles. The monoisotopic (exact) mass is 448 g/mol. The summed E-state index contributed by atoms with van der Waals surface area (Å²) >= 11 is 0. The van der Waals surface area contributed by atoms with Gasteiger partial charge in [-0.2, -0.15) is 13.2 Å². The normalized spacial score (nSPS) is 15.5. The lowest BCUT2D eigenvalue weighted by molar-refractivity contribution is -0.137. The first-order valence-electron chi connectivity index (χ1n) is 9.56. The van der Waals surface area contributed by atoms with Gasteiger partial charge in [0.05, 0.1) is 29.5 Å². The van der Waals surface area contributed by atoms with Crippen molar-refractivity contribution < 1.29 is 31.5 Å². The summed E-state index contributed by atoms with van der Waals surface area (Å²) in [5.41, 5.74) is -0.383. The number of methoxy groups -OCH3 is 1. The smallest absolute Gasteiger partial charge is 0.376 e. The second-order valence-electron chi connectivity index (χ2n) is 7.21. The van der Waals surface area contributed by atoms with Gasteiger partial charge >= 0.3 is 6.18 Å². The van der Waals surface area contributed by atoms with Crippen molar-refractivity contribution >= 4 is 17.7 Å². The number of nitrogens with one attached hydrogen (secondary N) is 1. The number of ether oxygens (including phenoxy) is 1. The van der Waals surface area contributed by atoms with Crippen LogP contribution in [-0.4, -0.2) is 23.7 Å². The van der Waals surface area contributed by atoms with Gasteiger partial charge in [0.1, 0.15) is 0 Å².